The zero-order chi connectivity index (χ0) is 21.6. The molecule has 1 saturated heterocycles. The van der Waals surface area contributed by atoms with E-state index in [-0.39, 0.29) is 11.9 Å². The zero-order valence-electron chi connectivity index (χ0n) is 18.2. The molecule has 1 aliphatic rings. The maximum Gasteiger partial charge on any atom is 0.244 e. The fourth-order valence-electron chi connectivity index (χ4n) is 3.91. The third kappa shape index (κ3) is 4.86. The van der Waals surface area contributed by atoms with E-state index in [0.29, 0.717) is 0 Å². The lowest BCUT2D eigenvalue weighted by molar-refractivity contribution is -0.133. The van der Waals surface area contributed by atoms with Crippen molar-refractivity contribution in [2.45, 2.75) is 19.9 Å². The molecular formula is C23H30N6O2. The van der Waals surface area contributed by atoms with Crippen LogP contribution in [0, 0.1) is 0 Å². The standard InChI is InChI=1S/C23H30N6O2/c1-3-31-16-15-27-11-13-28(14-12-27)23(30)18(2)25-22-21(19-7-5-4-6-8-19)26-20-17-24-9-10-29(20)22/h4-10,17-18,25H,3,11-16H2,1-2H3. The molecule has 1 aromatic carbocycles. The molecule has 0 spiro atoms. The average Bonchev–Trinajstić information content (AvgIpc) is 3.18. The van der Waals surface area contributed by atoms with Crippen molar-refractivity contribution in [3.05, 3.63) is 48.9 Å². The third-order valence-electron chi connectivity index (χ3n) is 5.64. The first-order chi connectivity index (χ1) is 15.2. The maximum absolute atomic E-state index is 13.2. The van der Waals surface area contributed by atoms with Crippen molar-refractivity contribution >= 4 is 17.4 Å². The summed E-state index contributed by atoms with van der Waals surface area (Å²) in [5, 5.41) is 3.43. The van der Waals surface area contributed by atoms with Crippen LogP contribution in [0.25, 0.3) is 16.9 Å². The summed E-state index contributed by atoms with van der Waals surface area (Å²) in [6.45, 7) is 9.55. The van der Waals surface area contributed by atoms with Gasteiger partial charge in [0.15, 0.2) is 5.65 Å². The molecule has 164 valence electrons. The second-order valence-corrected chi connectivity index (χ2v) is 7.71. The van der Waals surface area contributed by atoms with Gasteiger partial charge in [0, 0.05) is 57.3 Å². The predicted octanol–water partition coefficient (Wildman–Crippen LogP) is 2.38. The number of piperazine rings is 1. The Hall–Kier alpha value is -2.97. The second kappa shape index (κ2) is 9.89. The van der Waals surface area contributed by atoms with Gasteiger partial charge in [-0.1, -0.05) is 30.3 Å². The molecule has 0 saturated carbocycles. The Labute approximate surface area is 182 Å². The van der Waals surface area contributed by atoms with E-state index < -0.39 is 0 Å². The number of aromatic nitrogens is 3. The van der Waals surface area contributed by atoms with Gasteiger partial charge in [-0.25, -0.2) is 4.98 Å². The molecule has 1 fully saturated rings. The van der Waals surface area contributed by atoms with Crippen LogP contribution in [0.4, 0.5) is 5.82 Å². The van der Waals surface area contributed by atoms with Crippen LogP contribution < -0.4 is 5.32 Å². The van der Waals surface area contributed by atoms with Gasteiger partial charge < -0.3 is 15.0 Å². The minimum absolute atomic E-state index is 0.104. The van der Waals surface area contributed by atoms with Crippen LogP contribution in [0.2, 0.25) is 0 Å². The number of amides is 1. The number of imidazole rings is 1. The molecule has 0 radical (unpaired) electrons. The number of carbonyl (C=O) groups excluding carboxylic acids is 1. The topological polar surface area (TPSA) is 75.0 Å². The highest BCUT2D eigenvalue weighted by Gasteiger charge is 2.26. The number of nitrogens with zero attached hydrogens (tertiary/aromatic N) is 5. The molecule has 1 atom stereocenters. The Morgan fingerprint density at radius 2 is 1.97 bits per heavy atom. The van der Waals surface area contributed by atoms with Crippen molar-refractivity contribution in [2.24, 2.45) is 0 Å². The largest absolute Gasteiger partial charge is 0.380 e. The molecule has 1 amide bonds. The van der Waals surface area contributed by atoms with Gasteiger partial charge in [0.2, 0.25) is 5.91 Å². The zero-order valence-corrected chi connectivity index (χ0v) is 18.2. The molecule has 8 heteroatoms. The van der Waals surface area contributed by atoms with E-state index >= 15 is 0 Å². The molecule has 3 heterocycles. The van der Waals surface area contributed by atoms with Crippen molar-refractivity contribution in [2.75, 3.05) is 51.3 Å². The van der Waals surface area contributed by atoms with Crippen molar-refractivity contribution in [3.8, 4) is 11.3 Å². The minimum Gasteiger partial charge on any atom is -0.380 e. The van der Waals surface area contributed by atoms with Crippen LogP contribution in [0.15, 0.2) is 48.9 Å². The van der Waals surface area contributed by atoms with Crippen LogP contribution in [0.5, 0.6) is 0 Å². The van der Waals surface area contributed by atoms with Gasteiger partial charge in [-0.05, 0) is 13.8 Å². The van der Waals surface area contributed by atoms with Gasteiger partial charge in [0.25, 0.3) is 0 Å². The number of benzene rings is 1. The van der Waals surface area contributed by atoms with Gasteiger partial charge in [-0.3, -0.25) is 19.1 Å². The normalized spacial score (nSPS) is 15.9. The Kier molecular flexibility index (Phi) is 6.79. The first-order valence-electron chi connectivity index (χ1n) is 10.9. The summed E-state index contributed by atoms with van der Waals surface area (Å²) in [7, 11) is 0. The third-order valence-corrected chi connectivity index (χ3v) is 5.64. The van der Waals surface area contributed by atoms with Crippen molar-refractivity contribution in [1.82, 2.24) is 24.2 Å². The van der Waals surface area contributed by atoms with Gasteiger partial charge in [0.05, 0.1) is 12.8 Å². The van der Waals surface area contributed by atoms with Crippen LogP contribution in [-0.2, 0) is 9.53 Å². The monoisotopic (exact) mass is 422 g/mol. The number of carbonyl (C=O) groups is 1. The lowest BCUT2D eigenvalue weighted by Gasteiger charge is -2.36. The number of hydrogen-bond acceptors (Lipinski definition) is 6. The summed E-state index contributed by atoms with van der Waals surface area (Å²) in [6, 6.07) is 9.63. The lowest BCUT2D eigenvalue weighted by atomic mass is 10.1. The smallest absolute Gasteiger partial charge is 0.244 e. The van der Waals surface area contributed by atoms with E-state index in [2.05, 4.69) is 15.2 Å². The molecule has 8 nitrogen and oxygen atoms in total. The fourth-order valence-corrected chi connectivity index (χ4v) is 3.91. The first-order valence-corrected chi connectivity index (χ1v) is 10.9. The van der Waals surface area contributed by atoms with Crippen LogP contribution >= 0.6 is 0 Å². The van der Waals surface area contributed by atoms with E-state index in [1.165, 1.54) is 0 Å². The summed E-state index contributed by atoms with van der Waals surface area (Å²) < 4.78 is 7.39. The number of fused-ring (bicyclic) bond motifs is 1. The summed E-state index contributed by atoms with van der Waals surface area (Å²) in [5.41, 5.74) is 2.55. The van der Waals surface area contributed by atoms with E-state index in [4.69, 9.17) is 9.72 Å². The summed E-state index contributed by atoms with van der Waals surface area (Å²) in [6.07, 6.45) is 5.32. The molecule has 3 aromatic rings. The predicted molar refractivity (Wildman–Crippen MR) is 121 cm³/mol. The first kappa shape index (κ1) is 21.3. The summed E-state index contributed by atoms with van der Waals surface area (Å²) in [5.74, 6) is 0.910. The highest BCUT2D eigenvalue weighted by molar-refractivity contribution is 5.86. The number of hydrogen-bond donors (Lipinski definition) is 1. The fraction of sp³-hybridized carbons (Fsp3) is 0.435. The summed E-state index contributed by atoms with van der Waals surface area (Å²) >= 11 is 0. The second-order valence-electron chi connectivity index (χ2n) is 7.71. The maximum atomic E-state index is 13.2. The highest BCUT2D eigenvalue weighted by Crippen LogP contribution is 2.29. The van der Waals surface area contributed by atoms with Gasteiger partial charge in [-0.2, -0.15) is 0 Å². The quantitative estimate of drug-likeness (QED) is 0.562. The number of rotatable bonds is 8. The SMILES string of the molecule is CCOCCN1CCN(C(=O)C(C)Nc2c(-c3ccccc3)nc3cnccn23)CC1. The lowest BCUT2D eigenvalue weighted by Crippen LogP contribution is -2.52. The highest BCUT2D eigenvalue weighted by atomic mass is 16.5. The van der Waals surface area contributed by atoms with Crippen LogP contribution in [0.3, 0.4) is 0 Å². The van der Waals surface area contributed by atoms with Crippen molar-refractivity contribution < 1.29 is 9.53 Å². The molecule has 0 aliphatic carbocycles. The van der Waals surface area contributed by atoms with Crippen molar-refractivity contribution in [1.29, 1.82) is 0 Å². The van der Waals surface area contributed by atoms with Crippen molar-refractivity contribution in [3.63, 3.8) is 0 Å². The number of nitrogens with one attached hydrogen (secondary N) is 1. The van der Waals surface area contributed by atoms with E-state index in [1.54, 1.807) is 12.4 Å². The Balaban J connectivity index is 1.46. The van der Waals surface area contributed by atoms with E-state index in [0.717, 1.165) is 68.7 Å². The Bertz CT molecular complexity index is 998. The van der Waals surface area contributed by atoms with Gasteiger partial charge >= 0.3 is 0 Å². The Morgan fingerprint density at radius 1 is 1.19 bits per heavy atom. The Morgan fingerprint density at radius 3 is 2.71 bits per heavy atom. The number of ether oxygens (including phenoxy) is 1. The minimum atomic E-state index is -0.370. The van der Waals surface area contributed by atoms with Crippen LogP contribution in [0.1, 0.15) is 13.8 Å². The molecular weight excluding hydrogens is 392 g/mol. The van der Waals surface area contributed by atoms with E-state index in [1.807, 2.05) is 59.7 Å². The molecule has 1 unspecified atom stereocenters. The van der Waals surface area contributed by atoms with Crippen LogP contribution in [-0.4, -0.2) is 82.1 Å². The summed E-state index contributed by atoms with van der Waals surface area (Å²) in [4.78, 5) is 26.4. The molecule has 4 rings (SSSR count). The molecule has 1 N–H and O–H groups in total. The molecule has 1 aliphatic heterocycles. The molecule has 31 heavy (non-hydrogen) atoms. The molecule has 2 aromatic heterocycles. The molecule has 0 bridgehead atoms. The average molecular weight is 423 g/mol. The number of anilines is 1. The van der Waals surface area contributed by atoms with Gasteiger partial charge in [0.1, 0.15) is 17.6 Å². The van der Waals surface area contributed by atoms with Gasteiger partial charge in [-0.15, -0.1) is 0 Å². The van der Waals surface area contributed by atoms with E-state index in [9.17, 15) is 4.79 Å².